The summed E-state index contributed by atoms with van der Waals surface area (Å²) in [5, 5.41) is 0.709. The number of aromatic nitrogens is 1. The zero-order valence-electron chi connectivity index (χ0n) is 8.98. The van der Waals surface area contributed by atoms with E-state index >= 15 is 0 Å². The molecular weight excluding hydrogens is 334 g/mol. The molecule has 96 valence electrons. The molecule has 0 radical (unpaired) electrons. The molecule has 18 heavy (non-hydrogen) atoms. The SMILES string of the molecule is Cc1nc2c(OC(F)(F)F)cccc2c(Cl)c1Br. The molecule has 0 aliphatic heterocycles. The van der Waals surface area contributed by atoms with Crippen molar-refractivity contribution in [2.24, 2.45) is 0 Å². The fourth-order valence-corrected chi connectivity index (χ4v) is 2.11. The summed E-state index contributed by atoms with van der Waals surface area (Å²) in [6.07, 6.45) is -4.76. The van der Waals surface area contributed by atoms with Crippen LogP contribution in [0.1, 0.15) is 5.69 Å². The molecule has 0 unspecified atom stereocenters. The molecule has 0 aliphatic carbocycles. The van der Waals surface area contributed by atoms with Crippen LogP contribution in [-0.4, -0.2) is 11.3 Å². The standard InChI is InChI=1S/C11H6BrClF3NO/c1-5-8(12)9(13)6-3-2-4-7(10(6)17-5)18-11(14,15)16/h2-4H,1H3. The Morgan fingerprint density at radius 1 is 1.33 bits per heavy atom. The van der Waals surface area contributed by atoms with Crippen molar-refractivity contribution in [1.82, 2.24) is 4.98 Å². The number of ether oxygens (including phenoxy) is 1. The van der Waals surface area contributed by atoms with Gasteiger partial charge in [-0.05, 0) is 28.9 Å². The molecular formula is C11H6BrClF3NO. The first-order chi connectivity index (χ1) is 8.29. The Morgan fingerprint density at radius 2 is 2.00 bits per heavy atom. The van der Waals surface area contributed by atoms with Crippen molar-refractivity contribution in [2.75, 3.05) is 0 Å². The smallest absolute Gasteiger partial charge is 0.403 e. The zero-order chi connectivity index (χ0) is 13.5. The van der Waals surface area contributed by atoms with Crippen molar-refractivity contribution in [3.8, 4) is 5.75 Å². The monoisotopic (exact) mass is 339 g/mol. The summed E-state index contributed by atoms with van der Waals surface area (Å²) in [6, 6.07) is 4.21. The van der Waals surface area contributed by atoms with Crippen molar-refractivity contribution in [2.45, 2.75) is 13.3 Å². The van der Waals surface area contributed by atoms with Crippen LogP contribution >= 0.6 is 27.5 Å². The van der Waals surface area contributed by atoms with Gasteiger partial charge in [0.05, 0.1) is 15.2 Å². The number of benzene rings is 1. The maximum Gasteiger partial charge on any atom is 0.573 e. The molecule has 1 aromatic heterocycles. The van der Waals surface area contributed by atoms with Crippen LogP contribution in [0.25, 0.3) is 10.9 Å². The maximum absolute atomic E-state index is 12.3. The van der Waals surface area contributed by atoms with Gasteiger partial charge >= 0.3 is 6.36 Å². The summed E-state index contributed by atoms with van der Waals surface area (Å²) >= 11 is 9.28. The second-order valence-electron chi connectivity index (χ2n) is 3.53. The van der Waals surface area contributed by atoms with Gasteiger partial charge in [-0.3, -0.25) is 0 Å². The number of pyridine rings is 1. The fourth-order valence-electron chi connectivity index (χ4n) is 1.52. The van der Waals surface area contributed by atoms with Gasteiger partial charge in [-0.25, -0.2) is 4.98 Å². The van der Waals surface area contributed by atoms with Crippen LogP contribution in [-0.2, 0) is 0 Å². The number of hydrogen-bond acceptors (Lipinski definition) is 2. The summed E-state index contributed by atoms with van der Waals surface area (Å²) in [5.74, 6) is -0.363. The minimum absolute atomic E-state index is 0.0838. The molecule has 1 heterocycles. The molecule has 0 saturated carbocycles. The highest BCUT2D eigenvalue weighted by atomic mass is 79.9. The minimum atomic E-state index is -4.76. The molecule has 0 amide bonds. The second kappa shape index (κ2) is 4.59. The molecule has 0 aliphatic rings. The van der Waals surface area contributed by atoms with E-state index in [1.165, 1.54) is 12.1 Å². The fraction of sp³-hybridized carbons (Fsp3) is 0.182. The Hall–Kier alpha value is -1.01. The number of alkyl halides is 3. The Morgan fingerprint density at radius 3 is 2.61 bits per heavy atom. The van der Waals surface area contributed by atoms with Crippen LogP contribution in [0.15, 0.2) is 22.7 Å². The third-order valence-electron chi connectivity index (χ3n) is 2.25. The second-order valence-corrected chi connectivity index (χ2v) is 4.70. The maximum atomic E-state index is 12.3. The van der Waals surface area contributed by atoms with Gasteiger partial charge in [0.25, 0.3) is 0 Å². The van der Waals surface area contributed by atoms with E-state index < -0.39 is 6.36 Å². The number of aryl methyl sites for hydroxylation is 1. The predicted octanol–water partition coefficient (Wildman–Crippen LogP) is 4.86. The number of para-hydroxylation sites is 1. The van der Waals surface area contributed by atoms with Gasteiger partial charge in [-0.15, -0.1) is 13.2 Å². The molecule has 0 bridgehead atoms. The highest BCUT2D eigenvalue weighted by Gasteiger charge is 2.32. The zero-order valence-corrected chi connectivity index (χ0v) is 11.3. The van der Waals surface area contributed by atoms with E-state index in [0.29, 0.717) is 20.6 Å². The van der Waals surface area contributed by atoms with Crippen molar-refractivity contribution >= 4 is 38.4 Å². The number of rotatable bonds is 1. The number of hydrogen-bond donors (Lipinski definition) is 0. The first-order valence-electron chi connectivity index (χ1n) is 4.79. The lowest BCUT2D eigenvalue weighted by Gasteiger charge is -2.12. The molecule has 2 aromatic rings. The van der Waals surface area contributed by atoms with Crippen molar-refractivity contribution in [1.29, 1.82) is 0 Å². The lowest BCUT2D eigenvalue weighted by atomic mass is 10.2. The van der Waals surface area contributed by atoms with Crippen molar-refractivity contribution in [3.63, 3.8) is 0 Å². The van der Waals surface area contributed by atoms with E-state index in [1.54, 1.807) is 13.0 Å². The molecule has 0 fully saturated rings. The van der Waals surface area contributed by atoms with Gasteiger partial charge in [0.1, 0.15) is 5.52 Å². The molecule has 0 atom stereocenters. The minimum Gasteiger partial charge on any atom is -0.403 e. The highest BCUT2D eigenvalue weighted by Crippen LogP contribution is 2.37. The highest BCUT2D eigenvalue weighted by molar-refractivity contribution is 9.10. The summed E-state index contributed by atoms with van der Waals surface area (Å²) in [6.45, 7) is 1.64. The van der Waals surface area contributed by atoms with Gasteiger partial charge in [0.15, 0.2) is 5.75 Å². The van der Waals surface area contributed by atoms with E-state index in [4.69, 9.17) is 11.6 Å². The molecule has 0 spiro atoms. The Bertz CT molecular complexity index is 615. The van der Waals surface area contributed by atoms with Crippen molar-refractivity contribution in [3.05, 3.63) is 33.4 Å². The summed E-state index contributed by atoms with van der Waals surface area (Å²) in [7, 11) is 0. The first kappa shape index (κ1) is 13.4. The summed E-state index contributed by atoms with van der Waals surface area (Å²) in [4.78, 5) is 4.06. The van der Waals surface area contributed by atoms with E-state index in [9.17, 15) is 13.2 Å². The first-order valence-corrected chi connectivity index (χ1v) is 5.97. The number of nitrogens with zero attached hydrogens (tertiary/aromatic N) is 1. The third kappa shape index (κ3) is 2.54. The van der Waals surface area contributed by atoms with E-state index in [-0.39, 0.29) is 11.3 Å². The molecule has 0 N–H and O–H groups in total. The van der Waals surface area contributed by atoms with Crippen LogP contribution in [0.5, 0.6) is 5.75 Å². The van der Waals surface area contributed by atoms with Crippen LogP contribution in [0.2, 0.25) is 5.02 Å². The van der Waals surface area contributed by atoms with Crippen LogP contribution in [0.4, 0.5) is 13.2 Å². The van der Waals surface area contributed by atoms with Crippen molar-refractivity contribution < 1.29 is 17.9 Å². The van der Waals surface area contributed by atoms with Gasteiger partial charge in [0, 0.05) is 5.39 Å². The molecule has 7 heteroatoms. The third-order valence-corrected chi connectivity index (χ3v) is 3.84. The molecule has 2 nitrogen and oxygen atoms in total. The van der Waals surface area contributed by atoms with Gasteiger partial charge in [0.2, 0.25) is 0 Å². The van der Waals surface area contributed by atoms with Gasteiger partial charge in [-0.1, -0.05) is 23.7 Å². The van der Waals surface area contributed by atoms with Gasteiger partial charge < -0.3 is 4.74 Å². The Balaban J connectivity index is 2.70. The van der Waals surface area contributed by atoms with E-state index in [0.717, 1.165) is 0 Å². The average molecular weight is 341 g/mol. The topological polar surface area (TPSA) is 22.1 Å². The van der Waals surface area contributed by atoms with E-state index in [1.807, 2.05) is 0 Å². The van der Waals surface area contributed by atoms with Crippen LogP contribution in [0, 0.1) is 6.92 Å². The normalized spacial score (nSPS) is 11.9. The van der Waals surface area contributed by atoms with E-state index in [2.05, 4.69) is 25.7 Å². The quantitative estimate of drug-likeness (QED) is 0.740. The number of halogens is 5. The molecule has 2 rings (SSSR count). The van der Waals surface area contributed by atoms with Crippen LogP contribution < -0.4 is 4.74 Å². The number of fused-ring (bicyclic) bond motifs is 1. The predicted molar refractivity (Wildman–Crippen MR) is 65.9 cm³/mol. The molecule has 1 aromatic carbocycles. The Labute approximate surface area is 114 Å². The molecule has 0 saturated heterocycles. The Kier molecular flexibility index (Phi) is 3.42. The average Bonchev–Trinajstić information content (AvgIpc) is 2.25. The lowest BCUT2D eigenvalue weighted by molar-refractivity contribution is -0.274. The lowest BCUT2D eigenvalue weighted by Crippen LogP contribution is -2.17. The van der Waals surface area contributed by atoms with Crippen LogP contribution in [0.3, 0.4) is 0 Å². The largest absolute Gasteiger partial charge is 0.573 e. The van der Waals surface area contributed by atoms with Gasteiger partial charge in [-0.2, -0.15) is 0 Å². The summed E-state index contributed by atoms with van der Waals surface area (Å²) in [5.41, 5.74) is 0.575. The summed E-state index contributed by atoms with van der Waals surface area (Å²) < 4.78 is 41.3.